The van der Waals surface area contributed by atoms with E-state index in [-0.39, 0.29) is 11.5 Å². The first kappa shape index (κ1) is 11.2. The summed E-state index contributed by atoms with van der Waals surface area (Å²) in [6.45, 7) is 2.38. The van der Waals surface area contributed by atoms with Crippen LogP contribution in [0.4, 0.5) is 0 Å². The molecule has 4 heteroatoms. The van der Waals surface area contributed by atoms with Gasteiger partial charge in [0, 0.05) is 19.7 Å². The highest BCUT2D eigenvalue weighted by atomic mass is 16.5. The maximum atomic E-state index is 9.31. The summed E-state index contributed by atoms with van der Waals surface area (Å²) in [5.41, 5.74) is 0.952. The molecule has 0 aromatic heterocycles. The molecule has 0 bridgehead atoms. The lowest BCUT2D eigenvalue weighted by Crippen LogP contribution is -2.25. The minimum atomic E-state index is -0.0807. The van der Waals surface area contributed by atoms with Gasteiger partial charge in [0.1, 0.15) is 0 Å². The van der Waals surface area contributed by atoms with Crippen LogP contribution in [0.25, 0.3) is 0 Å². The zero-order valence-electron chi connectivity index (χ0n) is 9.15. The maximum Gasteiger partial charge on any atom is 0.157 e. The average Bonchev–Trinajstić information content (AvgIpc) is 2.76. The van der Waals surface area contributed by atoms with Gasteiger partial charge in [0.05, 0.1) is 6.10 Å². The molecule has 4 nitrogen and oxygen atoms in total. The predicted molar refractivity (Wildman–Crippen MR) is 60.5 cm³/mol. The van der Waals surface area contributed by atoms with E-state index >= 15 is 0 Å². The summed E-state index contributed by atoms with van der Waals surface area (Å²) < 4.78 is 5.48. The molecule has 0 radical (unpaired) electrons. The summed E-state index contributed by atoms with van der Waals surface area (Å²) in [4.78, 5) is 0. The quantitative estimate of drug-likeness (QED) is 0.675. The highest BCUT2D eigenvalue weighted by Gasteiger charge is 2.14. The molecule has 1 aromatic rings. The van der Waals surface area contributed by atoms with Gasteiger partial charge in [-0.15, -0.1) is 0 Å². The first-order chi connectivity index (χ1) is 7.75. The molecule has 0 amide bonds. The summed E-state index contributed by atoms with van der Waals surface area (Å²) in [7, 11) is 0. The molecule has 0 spiro atoms. The van der Waals surface area contributed by atoms with E-state index in [1.54, 1.807) is 12.1 Å². The first-order valence-electron chi connectivity index (χ1n) is 5.59. The minimum absolute atomic E-state index is 0.0728. The van der Waals surface area contributed by atoms with Crippen LogP contribution in [0.1, 0.15) is 18.4 Å². The van der Waals surface area contributed by atoms with Crippen LogP contribution in [0.15, 0.2) is 18.2 Å². The molecule has 0 saturated carbocycles. The van der Waals surface area contributed by atoms with Crippen molar-refractivity contribution in [1.29, 1.82) is 0 Å². The van der Waals surface area contributed by atoms with E-state index in [1.807, 2.05) is 0 Å². The smallest absolute Gasteiger partial charge is 0.157 e. The van der Waals surface area contributed by atoms with Crippen molar-refractivity contribution in [3.8, 4) is 11.5 Å². The van der Waals surface area contributed by atoms with Crippen molar-refractivity contribution in [2.24, 2.45) is 0 Å². The Bertz CT molecular complexity index is 348. The lowest BCUT2D eigenvalue weighted by Gasteiger charge is -2.10. The predicted octanol–water partition coefficient (Wildman–Crippen LogP) is 1.37. The van der Waals surface area contributed by atoms with Gasteiger partial charge in [-0.05, 0) is 30.5 Å². The zero-order valence-corrected chi connectivity index (χ0v) is 9.15. The fourth-order valence-corrected chi connectivity index (χ4v) is 1.86. The van der Waals surface area contributed by atoms with Crippen LogP contribution in [0.3, 0.4) is 0 Å². The van der Waals surface area contributed by atoms with Gasteiger partial charge in [-0.25, -0.2) is 0 Å². The second-order valence-electron chi connectivity index (χ2n) is 4.09. The van der Waals surface area contributed by atoms with Crippen molar-refractivity contribution < 1.29 is 14.9 Å². The molecule has 3 N–H and O–H groups in total. The Morgan fingerprint density at radius 2 is 2.19 bits per heavy atom. The van der Waals surface area contributed by atoms with Crippen LogP contribution in [-0.2, 0) is 11.3 Å². The Kier molecular flexibility index (Phi) is 3.64. The van der Waals surface area contributed by atoms with Gasteiger partial charge >= 0.3 is 0 Å². The number of phenolic OH excluding ortho intramolecular Hbond substituents is 2. The third-order valence-electron chi connectivity index (χ3n) is 2.76. The fraction of sp³-hybridized carbons (Fsp3) is 0.500. The SMILES string of the molecule is Oc1ccc(CNC[C@H]2CCCO2)cc1O. The maximum absolute atomic E-state index is 9.31. The molecule has 88 valence electrons. The van der Waals surface area contributed by atoms with Crippen LogP contribution in [0.5, 0.6) is 11.5 Å². The Morgan fingerprint density at radius 1 is 1.31 bits per heavy atom. The number of phenols is 2. The minimum Gasteiger partial charge on any atom is -0.504 e. The molecule has 1 heterocycles. The van der Waals surface area contributed by atoms with Gasteiger partial charge in [-0.2, -0.15) is 0 Å². The molecule has 0 unspecified atom stereocenters. The van der Waals surface area contributed by atoms with Gasteiger partial charge < -0.3 is 20.3 Å². The number of rotatable bonds is 4. The molecule has 16 heavy (non-hydrogen) atoms. The van der Waals surface area contributed by atoms with Crippen LogP contribution < -0.4 is 5.32 Å². The van der Waals surface area contributed by atoms with E-state index in [9.17, 15) is 5.11 Å². The monoisotopic (exact) mass is 223 g/mol. The summed E-state index contributed by atoms with van der Waals surface area (Å²) in [5, 5.41) is 21.7. The Balaban J connectivity index is 1.78. The normalized spacial score (nSPS) is 20.1. The topological polar surface area (TPSA) is 61.7 Å². The summed E-state index contributed by atoms with van der Waals surface area (Å²) >= 11 is 0. The van der Waals surface area contributed by atoms with Crippen molar-refractivity contribution in [3.05, 3.63) is 23.8 Å². The molecular weight excluding hydrogens is 206 g/mol. The van der Waals surface area contributed by atoms with E-state index in [1.165, 1.54) is 6.07 Å². The van der Waals surface area contributed by atoms with Gasteiger partial charge in [0.25, 0.3) is 0 Å². The number of hydrogen-bond acceptors (Lipinski definition) is 4. The standard InChI is InChI=1S/C12H17NO3/c14-11-4-3-9(6-12(11)15)7-13-8-10-2-1-5-16-10/h3-4,6,10,13-15H,1-2,5,7-8H2/t10-/m1/s1. The highest BCUT2D eigenvalue weighted by Crippen LogP contribution is 2.24. The number of nitrogens with one attached hydrogen (secondary N) is 1. The Hall–Kier alpha value is -1.26. The molecule has 0 aliphatic carbocycles. The highest BCUT2D eigenvalue weighted by molar-refractivity contribution is 5.40. The Morgan fingerprint density at radius 3 is 2.88 bits per heavy atom. The largest absolute Gasteiger partial charge is 0.504 e. The molecule has 1 saturated heterocycles. The second kappa shape index (κ2) is 5.18. The third-order valence-corrected chi connectivity index (χ3v) is 2.76. The van der Waals surface area contributed by atoms with Crippen molar-refractivity contribution in [1.82, 2.24) is 5.32 Å². The fourth-order valence-electron chi connectivity index (χ4n) is 1.86. The Labute approximate surface area is 94.9 Å². The van der Waals surface area contributed by atoms with Gasteiger partial charge in [-0.3, -0.25) is 0 Å². The van der Waals surface area contributed by atoms with Crippen molar-refractivity contribution in [3.63, 3.8) is 0 Å². The molecule has 1 atom stereocenters. The number of hydrogen-bond donors (Lipinski definition) is 3. The van der Waals surface area contributed by atoms with E-state index in [0.717, 1.165) is 31.6 Å². The molecule has 2 rings (SSSR count). The summed E-state index contributed by atoms with van der Waals surface area (Å²) in [5.74, 6) is -0.153. The second-order valence-corrected chi connectivity index (χ2v) is 4.09. The summed E-state index contributed by atoms with van der Waals surface area (Å²) in [6, 6.07) is 4.85. The average molecular weight is 223 g/mol. The lowest BCUT2D eigenvalue weighted by atomic mass is 10.2. The summed E-state index contributed by atoms with van der Waals surface area (Å²) in [6.07, 6.45) is 2.59. The molecule has 1 aliphatic heterocycles. The van der Waals surface area contributed by atoms with E-state index in [2.05, 4.69) is 5.32 Å². The van der Waals surface area contributed by atoms with Crippen LogP contribution >= 0.6 is 0 Å². The first-order valence-corrected chi connectivity index (χ1v) is 5.59. The lowest BCUT2D eigenvalue weighted by molar-refractivity contribution is 0.110. The van der Waals surface area contributed by atoms with Crippen LogP contribution in [0.2, 0.25) is 0 Å². The number of ether oxygens (including phenoxy) is 1. The molecule has 1 aromatic carbocycles. The van der Waals surface area contributed by atoms with Gasteiger partial charge in [0.2, 0.25) is 0 Å². The number of benzene rings is 1. The van der Waals surface area contributed by atoms with Gasteiger partial charge in [0.15, 0.2) is 11.5 Å². The van der Waals surface area contributed by atoms with E-state index < -0.39 is 0 Å². The van der Waals surface area contributed by atoms with Crippen molar-refractivity contribution in [2.45, 2.75) is 25.5 Å². The van der Waals surface area contributed by atoms with Crippen LogP contribution in [-0.4, -0.2) is 29.5 Å². The molecule has 1 fully saturated rings. The third kappa shape index (κ3) is 2.87. The van der Waals surface area contributed by atoms with E-state index in [0.29, 0.717) is 12.6 Å². The van der Waals surface area contributed by atoms with Crippen molar-refractivity contribution >= 4 is 0 Å². The van der Waals surface area contributed by atoms with Crippen molar-refractivity contribution in [2.75, 3.05) is 13.2 Å². The number of aromatic hydroxyl groups is 2. The van der Waals surface area contributed by atoms with Crippen LogP contribution in [0, 0.1) is 0 Å². The zero-order chi connectivity index (χ0) is 11.4. The molecule has 1 aliphatic rings. The van der Waals surface area contributed by atoms with Gasteiger partial charge in [-0.1, -0.05) is 6.07 Å². The molecular formula is C12H17NO3. The van der Waals surface area contributed by atoms with E-state index in [4.69, 9.17) is 9.84 Å².